The monoisotopic (exact) mass is 512 g/mol. The van der Waals surface area contributed by atoms with Gasteiger partial charge in [0.25, 0.3) is 5.91 Å². The van der Waals surface area contributed by atoms with Crippen molar-refractivity contribution < 1.29 is 4.79 Å². The van der Waals surface area contributed by atoms with E-state index in [4.69, 9.17) is 39.9 Å². The normalized spacial score (nSPS) is 22.6. The van der Waals surface area contributed by atoms with Crippen LogP contribution in [0.25, 0.3) is 11.3 Å². The Balaban J connectivity index is 0.00000289. The van der Waals surface area contributed by atoms with E-state index in [0.29, 0.717) is 23.7 Å². The summed E-state index contributed by atoms with van der Waals surface area (Å²) >= 11 is 19.8. The minimum Gasteiger partial charge on any atom is -0.283 e. The molecule has 2 atom stereocenters. The molecule has 2 aliphatic rings. The molecule has 4 rings (SSSR count). The van der Waals surface area contributed by atoms with Gasteiger partial charge in [-0.2, -0.15) is 5.10 Å². The first-order valence-corrected chi connectivity index (χ1v) is 11.4. The molecule has 0 radical (unpaired) electrons. The Morgan fingerprint density at radius 3 is 2.62 bits per heavy atom. The van der Waals surface area contributed by atoms with Crippen LogP contribution < -0.4 is 5.43 Å². The van der Waals surface area contributed by atoms with E-state index in [-0.39, 0.29) is 18.3 Å². The fourth-order valence-electron chi connectivity index (χ4n) is 3.83. The van der Waals surface area contributed by atoms with Crippen LogP contribution in [0.1, 0.15) is 29.4 Å². The zero-order valence-electron chi connectivity index (χ0n) is 17.5. The average Bonchev–Trinajstić information content (AvgIpc) is 3.17. The largest absolute Gasteiger partial charge is 0.286 e. The molecule has 2 heterocycles. The summed E-state index contributed by atoms with van der Waals surface area (Å²) in [5, 5.41) is 6.68. The van der Waals surface area contributed by atoms with Gasteiger partial charge in [0.05, 0.1) is 11.1 Å². The molecule has 1 N–H and O–H groups in total. The van der Waals surface area contributed by atoms with Crippen LogP contribution in [0.15, 0.2) is 60.7 Å². The number of benzene rings is 1. The van der Waals surface area contributed by atoms with E-state index in [0.717, 1.165) is 29.8 Å². The summed E-state index contributed by atoms with van der Waals surface area (Å²) in [7, 11) is 0. The molecule has 1 aliphatic carbocycles. The quantitative estimate of drug-likeness (QED) is 0.411. The molecule has 0 saturated carbocycles. The number of allylic oxidation sites excluding steroid dienone is 4. The number of nitrogens with one attached hydrogen (secondary N) is 1. The van der Waals surface area contributed by atoms with Gasteiger partial charge in [-0.25, -0.2) is 9.69 Å². The Morgan fingerprint density at radius 1 is 1.25 bits per heavy atom. The van der Waals surface area contributed by atoms with Crippen molar-refractivity contribution in [2.45, 2.75) is 30.1 Å². The van der Waals surface area contributed by atoms with Gasteiger partial charge >= 0.3 is 0 Å². The van der Waals surface area contributed by atoms with Crippen LogP contribution in [0.5, 0.6) is 0 Å². The molecule has 9 heteroatoms. The molecule has 0 bridgehead atoms. The molecule has 5 nitrogen and oxygen atoms in total. The van der Waals surface area contributed by atoms with E-state index in [2.05, 4.69) is 11.5 Å². The molecule has 1 aliphatic heterocycles. The van der Waals surface area contributed by atoms with Gasteiger partial charge in [-0.05, 0) is 31.1 Å². The topological polar surface area (TPSA) is 50.2 Å². The molecule has 1 aromatic heterocycles. The molecule has 0 saturated heterocycles. The van der Waals surface area contributed by atoms with Crippen molar-refractivity contribution in [1.82, 2.24) is 20.2 Å². The maximum Gasteiger partial charge on any atom is 0.286 e. The van der Waals surface area contributed by atoms with Crippen molar-refractivity contribution in [2.24, 2.45) is 0 Å². The number of amides is 1. The molecule has 32 heavy (non-hydrogen) atoms. The van der Waals surface area contributed by atoms with Crippen LogP contribution in [-0.2, 0) is 11.4 Å². The average molecular weight is 514 g/mol. The van der Waals surface area contributed by atoms with E-state index in [1.54, 1.807) is 10.8 Å². The molecule has 2 aromatic rings. The van der Waals surface area contributed by atoms with Gasteiger partial charge < -0.3 is 0 Å². The van der Waals surface area contributed by atoms with Gasteiger partial charge in [0.1, 0.15) is 0 Å². The highest BCUT2D eigenvalue weighted by atomic mass is 35.5. The first-order chi connectivity index (χ1) is 14.9. The maximum absolute atomic E-state index is 13.2. The van der Waals surface area contributed by atoms with Gasteiger partial charge in [0.15, 0.2) is 10.7 Å². The molecular formula is C23H24Cl4N4O. The first-order valence-electron chi connectivity index (χ1n) is 10.2. The van der Waals surface area contributed by atoms with Gasteiger partial charge in [0.2, 0.25) is 0 Å². The summed E-state index contributed by atoms with van der Waals surface area (Å²) in [6, 6.07) is 7.42. The highest BCUT2D eigenvalue weighted by molar-refractivity contribution is 6.33. The molecule has 0 fully saturated rings. The van der Waals surface area contributed by atoms with Crippen molar-refractivity contribution in [3.05, 3.63) is 77.0 Å². The maximum atomic E-state index is 13.2. The number of rotatable bonds is 5. The molecule has 2 unspecified atom stereocenters. The van der Waals surface area contributed by atoms with Gasteiger partial charge in [-0.1, -0.05) is 72.6 Å². The SMILES string of the molecule is CCc1c(C(=O)NN2CC=CCC2)nn(C2(Cl)C=CC=CC2Cl)c1-c1ccc(Cl)cc1.Cl. The lowest BCUT2D eigenvalue weighted by Crippen LogP contribution is -2.44. The third kappa shape index (κ3) is 4.78. The van der Waals surface area contributed by atoms with Crippen LogP contribution in [0.2, 0.25) is 5.02 Å². The number of carbonyl (C=O) groups excluding carboxylic acids is 1. The highest BCUT2D eigenvalue weighted by Gasteiger charge is 2.40. The van der Waals surface area contributed by atoms with Crippen LogP contribution >= 0.6 is 47.2 Å². The minimum atomic E-state index is -1.15. The van der Waals surface area contributed by atoms with E-state index in [1.807, 2.05) is 60.5 Å². The molecular weight excluding hydrogens is 490 g/mol. The Labute approximate surface area is 209 Å². The fraction of sp³-hybridized carbons (Fsp3) is 0.304. The zero-order valence-corrected chi connectivity index (χ0v) is 20.6. The molecule has 170 valence electrons. The van der Waals surface area contributed by atoms with Gasteiger partial charge in [-0.15, -0.1) is 24.0 Å². The van der Waals surface area contributed by atoms with Crippen molar-refractivity contribution in [2.75, 3.05) is 13.1 Å². The minimum absolute atomic E-state index is 0. The number of hydrogen-bond donors (Lipinski definition) is 1. The molecule has 0 spiro atoms. The summed E-state index contributed by atoms with van der Waals surface area (Å²) in [5.74, 6) is -0.261. The van der Waals surface area contributed by atoms with Gasteiger partial charge in [-0.3, -0.25) is 10.2 Å². The summed E-state index contributed by atoms with van der Waals surface area (Å²) in [6.07, 6.45) is 12.9. The summed E-state index contributed by atoms with van der Waals surface area (Å²) in [6.45, 7) is 3.41. The lowest BCUT2D eigenvalue weighted by molar-refractivity contribution is 0.0797. The number of hydrogen-bond acceptors (Lipinski definition) is 3. The van der Waals surface area contributed by atoms with Crippen molar-refractivity contribution in [1.29, 1.82) is 0 Å². The third-order valence-electron chi connectivity index (χ3n) is 5.42. The number of halogens is 4. The Morgan fingerprint density at radius 2 is 2.00 bits per heavy atom. The zero-order chi connectivity index (χ0) is 22.0. The summed E-state index contributed by atoms with van der Waals surface area (Å²) in [4.78, 5) is 12.1. The van der Waals surface area contributed by atoms with Crippen LogP contribution in [0, 0.1) is 0 Å². The Bertz CT molecular complexity index is 1060. The Hall–Kier alpha value is -1.76. The number of nitrogens with zero attached hydrogens (tertiary/aromatic N) is 3. The summed E-state index contributed by atoms with van der Waals surface area (Å²) in [5.41, 5.74) is 5.74. The predicted octanol–water partition coefficient (Wildman–Crippen LogP) is 5.72. The van der Waals surface area contributed by atoms with Crippen molar-refractivity contribution >= 4 is 53.1 Å². The first kappa shape index (κ1) is 24.9. The second-order valence-electron chi connectivity index (χ2n) is 7.47. The fourth-order valence-corrected chi connectivity index (χ4v) is 4.47. The second kappa shape index (κ2) is 10.4. The van der Waals surface area contributed by atoms with E-state index in [9.17, 15) is 4.79 Å². The van der Waals surface area contributed by atoms with Crippen LogP contribution in [0.4, 0.5) is 0 Å². The lowest BCUT2D eigenvalue weighted by atomic mass is 10.0. The predicted molar refractivity (Wildman–Crippen MR) is 134 cm³/mol. The number of aromatic nitrogens is 2. The molecule has 1 amide bonds. The van der Waals surface area contributed by atoms with Crippen LogP contribution in [-0.4, -0.2) is 39.2 Å². The van der Waals surface area contributed by atoms with Crippen molar-refractivity contribution in [3.8, 4) is 11.3 Å². The van der Waals surface area contributed by atoms with E-state index in [1.165, 1.54) is 0 Å². The molecule has 1 aromatic carbocycles. The number of alkyl halides is 2. The van der Waals surface area contributed by atoms with Crippen molar-refractivity contribution in [3.63, 3.8) is 0 Å². The lowest BCUT2D eigenvalue weighted by Gasteiger charge is -2.31. The number of hydrazine groups is 1. The highest BCUT2D eigenvalue weighted by Crippen LogP contribution is 2.40. The van der Waals surface area contributed by atoms with Crippen LogP contribution in [0.3, 0.4) is 0 Å². The van der Waals surface area contributed by atoms with Gasteiger partial charge in [0, 0.05) is 29.2 Å². The standard InChI is InChI=1S/C23H23Cl3N4O.ClH/c1-2-18-20(22(31)28-29-14-6-3-7-15-29)27-30(23(26)13-5-4-8-19(23)25)21(18)16-9-11-17(24)12-10-16;/h3-6,8-13,19H,2,7,14-15H2,1H3,(H,28,31);1H. The van der Waals surface area contributed by atoms with E-state index < -0.39 is 10.4 Å². The second-order valence-corrected chi connectivity index (χ2v) is 8.98. The van der Waals surface area contributed by atoms with E-state index >= 15 is 0 Å². The Kier molecular flexibility index (Phi) is 8.12. The third-order valence-corrected chi connectivity index (χ3v) is 6.78. The summed E-state index contributed by atoms with van der Waals surface area (Å²) < 4.78 is 1.67. The smallest absolute Gasteiger partial charge is 0.283 e. The number of carbonyl (C=O) groups is 1.